The second-order valence-corrected chi connectivity index (χ2v) is 7.65. The van der Waals surface area contributed by atoms with Crippen molar-refractivity contribution in [1.82, 2.24) is 0 Å². The van der Waals surface area contributed by atoms with E-state index in [4.69, 9.17) is 0 Å². The van der Waals surface area contributed by atoms with Crippen LogP contribution < -0.4 is 4.31 Å². The molecule has 0 aromatic heterocycles. The number of hydrogen-bond acceptors (Lipinski definition) is 2. The molecule has 3 aromatic rings. The molecule has 0 heterocycles. The van der Waals surface area contributed by atoms with Gasteiger partial charge in [-0.15, -0.1) is 0 Å². The number of halogens is 1. The lowest BCUT2D eigenvalue weighted by atomic mass is 10.2. The normalized spacial score (nSPS) is 11.3. The first kappa shape index (κ1) is 17.2. The minimum Gasteiger partial charge on any atom is -0.262 e. The molecule has 0 radical (unpaired) electrons. The number of anilines is 1. The van der Waals surface area contributed by atoms with Crippen molar-refractivity contribution in [3.8, 4) is 0 Å². The SMILES string of the molecule is Cc1ccc(S(=O)(=O)N(Cc2ccccc2)c2ccc(F)cc2)cc1. The third-order valence-corrected chi connectivity index (χ3v) is 5.68. The summed E-state index contributed by atoms with van der Waals surface area (Å²) in [6.45, 7) is 2.07. The Morgan fingerprint density at radius 2 is 1.44 bits per heavy atom. The lowest BCUT2D eigenvalue weighted by molar-refractivity contribution is 0.590. The average Bonchev–Trinajstić information content (AvgIpc) is 2.62. The van der Waals surface area contributed by atoms with Gasteiger partial charge in [0.25, 0.3) is 10.0 Å². The average molecular weight is 355 g/mol. The van der Waals surface area contributed by atoms with E-state index in [1.165, 1.54) is 28.6 Å². The van der Waals surface area contributed by atoms with E-state index >= 15 is 0 Å². The zero-order chi connectivity index (χ0) is 17.9. The van der Waals surface area contributed by atoms with E-state index in [0.717, 1.165) is 11.1 Å². The van der Waals surface area contributed by atoms with Gasteiger partial charge in [0, 0.05) is 0 Å². The second kappa shape index (κ2) is 7.07. The number of aryl methyl sites for hydroxylation is 1. The molecule has 3 aromatic carbocycles. The summed E-state index contributed by atoms with van der Waals surface area (Å²) in [5, 5.41) is 0. The van der Waals surface area contributed by atoms with Gasteiger partial charge in [0.2, 0.25) is 0 Å². The molecule has 128 valence electrons. The number of nitrogens with zero attached hydrogens (tertiary/aromatic N) is 1. The summed E-state index contributed by atoms with van der Waals surface area (Å²) in [5.41, 5.74) is 2.25. The van der Waals surface area contributed by atoms with Gasteiger partial charge in [-0.3, -0.25) is 4.31 Å². The summed E-state index contributed by atoms with van der Waals surface area (Å²) in [6.07, 6.45) is 0. The molecule has 0 saturated carbocycles. The predicted octanol–water partition coefficient (Wildman–Crippen LogP) is 4.53. The van der Waals surface area contributed by atoms with Gasteiger partial charge in [-0.1, -0.05) is 48.0 Å². The van der Waals surface area contributed by atoms with Crippen molar-refractivity contribution in [3.05, 3.63) is 95.8 Å². The third-order valence-electron chi connectivity index (χ3n) is 3.89. The molecule has 0 aliphatic heterocycles. The van der Waals surface area contributed by atoms with Crippen LogP contribution in [0.25, 0.3) is 0 Å². The molecule has 0 N–H and O–H groups in total. The Morgan fingerprint density at radius 3 is 2.04 bits per heavy atom. The minimum absolute atomic E-state index is 0.169. The van der Waals surface area contributed by atoms with Crippen LogP contribution in [0, 0.1) is 12.7 Å². The second-order valence-electron chi connectivity index (χ2n) is 5.79. The maximum atomic E-state index is 13.3. The van der Waals surface area contributed by atoms with Crippen molar-refractivity contribution in [2.75, 3.05) is 4.31 Å². The first-order valence-electron chi connectivity index (χ1n) is 7.86. The van der Waals surface area contributed by atoms with Crippen LogP contribution in [-0.4, -0.2) is 8.42 Å². The zero-order valence-electron chi connectivity index (χ0n) is 13.8. The van der Waals surface area contributed by atoms with Gasteiger partial charge in [0.15, 0.2) is 0 Å². The highest BCUT2D eigenvalue weighted by molar-refractivity contribution is 7.92. The summed E-state index contributed by atoms with van der Waals surface area (Å²) < 4.78 is 40.9. The summed E-state index contributed by atoms with van der Waals surface area (Å²) in [4.78, 5) is 0.207. The number of hydrogen-bond donors (Lipinski definition) is 0. The first-order valence-corrected chi connectivity index (χ1v) is 9.30. The molecule has 0 unspecified atom stereocenters. The monoisotopic (exact) mass is 355 g/mol. The highest BCUT2D eigenvalue weighted by atomic mass is 32.2. The van der Waals surface area contributed by atoms with Crippen LogP contribution in [0.5, 0.6) is 0 Å². The molecule has 0 saturated heterocycles. The Morgan fingerprint density at radius 1 is 0.840 bits per heavy atom. The highest BCUT2D eigenvalue weighted by Gasteiger charge is 2.25. The van der Waals surface area contributed by atoms with E-state index in [9.17, 15) is 12.8 Å². The quantitative estimate of drug-likeness (QED) is 0.674. The van der Waals surface area contributed by atoms with Crippen molar-refractivity contribution in [3.63, 3.8) is 0 Å². The van der Waals surface area contributed by atoms with Crippen molar-refractivity contribution < 1.29 is 12.8 Å². The highest BCUT2D eigenvalue weighted by Crippen LogP contribution is 2.26. The van der Waals surface area contributed by atoms with Crippen LogP contribution >= 0.6 is 0 Å². The van der Waals surface area contributed by atoms with Crippen LogP contribution in [0.3, 0.4) is 0 Å². The standard InChI is InChI=1S/C20H18FNO2S/c1-16-7-13-20(14-8-16)25(23,24)22(15-17-5-3-2-4-6-17)19-11-9-18(21)10-12-19/h2-14H,15H2,1H3. The van der Waals surface area contributed by atoms with Crippen LogP contribution in [0.1, 0.15) is 11.1 Å². The molecule has 0 aliphatic carbocycles. The lowest BCUT2D eigenvalue weighted by Gasteiger charge is -2.25. The smallest absolute Gasteiger partial charge is 0.262 e. The van der Waals surface area contributed by atoms with Crippen molar-refractivity contribution in [2.45, 2.75) is 18.4 Å². The van der Waals surface area contributed by atoms with Crippen molar-refractivity contribution in [1.29, 1.82) is 0 Å². The van der Waals surface area contributed by atoms with Gasteiger partial charge in [-0.05, 0) is 48.9 Å². The van der Waals surface area contributed by atoms with E-state index in [1.807, 2.05) is 37.3 Å². The van der Waals surface area contributed by atoms with Crippen LogP contribution in [0.4, 0.5) is 10.1 Å². The molecule has 0 bridgehead atoms. The molecule has 0 spiro atoms. The summed E-state index contributed by atoms with van der Waals surface area (Å²) in [7, 11) is -3.77. The maximum absolute atomic E-state index is 13.3. The number of sulfonamides is 1. The predicted molar refractivity (Wildman–Crippen MR) is 97.4 cm³/mol. The maximum Gasteiger partial charge on any atom is 0.264 e. The molecule has 0 aliphatic rings. The van der Waals surface area contributed by atoms with Crippen molar-refractivity contribution >= 4 is 15.7 Å². The van der Waals surface area contributed by atoms with Gasteiger partial charge in [-0.2, -0.15) is 0 Å². The summed E-state index contributed by atoms with van der Waals surface area (Å²) in [6, 6.07) is 21.5. The molecule has 0 fully saturated rings. The first-order chi connectivity index (χ1) is 12.0. The van der Waals surface area contributed by atoms with Gasteiger partial charge in [-0.25, -0.2) is 12.8 Å². The largest absolute Gasteiger partial charge is 0.264 e. The third kappa shape index (κ3) is 3.88. The van der Waals surface area contributed by atoms with Crippen LogP contribution in [0.15, 0.2) is 83.8 Å². The fraction of sp³-hybridized carbons (Fsp3) is 0.100. The molecule has 0 atom stereocenters. The summed E-state index contributed by atoms with van der Waals surface area (Å²) in [5.74, 6) is -0.406. The van der Waals surface area contributed by atoms with E-state index in [-0.39, 0.29) is 11.4 Å². The minimum atomic E-state index is -3.77. The Balaban J connectivity index is 2.06. The van der Waals surface area contributed by atoms with Gasteiger partial charge in [0.1, 0.15) is 5.82 Å². The molecular formula is C20H18FNO2S. The van der Waals surface area contributed by atoms with E-state index in [1.54, 1.807) is 24.3 Å². The van der Waals surface area contributed by atoms with E-state index in [2.05, 4.69) is 0 Å². The molecular weight excluding hydrogens is 337 g/mol. The van der Waals surface area contributed by atoms with E-state index in [0.29, 0.717) is 5.69 Å². The van der Waals surface area contributed by atoms with Crippen LogP contribution in [0.2, 0.25) is 0 Å². The molecule has 3 nitrogen and oxygen atoms in total. The lowest BCUT2D eigenvalue weighted by Crippen LogP contribution is -2.30. The Hall–Kier alpha value is -2.66. The Kier molecular flexibility index (Phi) is 4.86. The summed E-state index contributed by atoms with van der Waals surface area (Å²) >= 11 is 0. The zero-order valence-corrected chi connectivity index (χ0v) is 14.6. The Bertz CT molecular complexity index is 937. The topological polar surface area (TPSA) is 37.4 Å². The molecule has 5 heteroatoms. The Labute approximate surface area is 147 Å². The number of rotatable bonds is 5. The van der Waals surface area contributed by atoms with Gasteiger partial charge in [0.05, 0.1) is 17.1 Å². The fourth-order valence-electron chi connectivity index (χ4n) is 2.51. The number of benzene rings is 3. The van der Waals surface area contributed by atoms with E-state index < -0.39 is 15.8 Å². The molecule has 3 rings (SSSR count). The van der Waals surface area contributed by atoms with Crippen LogP contribution in [-0.2, 0) is 16.6 Å². The van der Waals surface area contributed by atoms with Gasteiger partial charge < -0.3 is 0 Å². The van der Waals surface area contributed by atoms with Gasteiger partial charge >= 0.3 is 0 Å². The molecule has 0 amide bonds. The fourth-order valence-corrected chi connectivity index (χ4v) is 3.96. The van der Waals surface area contributed by atoms with Crippen molar-refractivity contribution in [2.24, 2.45) is 0 Å². The molecule has 25 heavy (non-hydrogen) atoms.